The quantitative estimate of drug-likeness (QED) is 0.789. The summed E-state index contributed by atoms with van der Waals surface area (Å²) in [5.74, 6) is 0.441. The Kier molecular flexibility index (Phi) is 6.77. The number of benzene rings is 1. The highest BCUT2D eigenvalue weighted by atomic mass is 32.1. The first-order chi connectivity index (χ1) is 14.2. The molecule has 0 radical (unpaired) electrons. The minimum atomic E-state index is 0.137. The van der Waals surface area contributed by atoms with E-state index in [1.807, 2.05) is 17.0 Å². The van der Waals surface area contributed by atoms with Crippen molar-refractivity contribution in [3.63, 3.8) is 0 Å². The summed E-state index contributed by atoms with van der Waals surface area (Å²) < 4.78 is 1.23. The molecule has 2 amide bonds. The standard InChI is InChI=1S/C22H30N4O2S/c27-21(10-11-23-22(28)17-6-2-1-3-7-17)26-14-12-25(13-15-26)16-20-24-18-8-4-5-9-19(18)29-20/h4-5,8-9,17H,1-3,6-7,10-16H2,(H,23,28). The van der Waals surface area contributed by atoms with E-state index >= 15 is 0 Å². The van der Waals surface area contributed by atoms with E-state index in [0.717, 1.165) is 68.9 Å². The molecule has 1 aromatic heterocycles. The first-order valence-corrected chi connectivity index (χ1v) is 11.6. The number of hydrogen-bond donors (Lipinski definition) is 1. The Morgan fingerprint density at radius 2 is 1.83 bits per heavy atom. The highest BCUT2D eigenvalue weighted by Gasteiger charge is 2.23. The van der Waals surface area contributed by atoms with Gasteiger partial charge in [-0.1, -0.05) is 31.4 Å². The summed E-state index contributed by atoms with van der Waals surface area (Å²) in [6.45, 7) is 4.55. The minimum Gasteiger partial charge on any atom is -0.355 e. The average molecular weight is 415 g/mol. The van der Waals surface area contributed by atoms with Crippen LogP contribution in [0.3, 0.4) is 0 Å². The van der Waals surface area contributed by atoms with E-state index in [4.69, 9.17) is 4.98 Å². The third-order valence-corrected chi connectivity index (χ3v) is 7.06. The van der Waals surface area contributed by atoms with Gasteiger partial charge in [0.25, 0.3) is 0 Å². The molecule has 1 aliphatic carbocycles. The lowest BCUT2D eigenvalue weighted by Gasteiger charge is -2.34. The summed E-state index contributed by atoms with van der Waals surface area (Å²) in [5.41, 5.74) is 1.07. The van der Waals surface area contributed by atoms with E-state index in [-0.39, 0.29) is 17.7 Å². The molecule has 156 valence electrons. The zero-order valence-corrected chi connectivity index (χ0v) is 17.8. The number of piperazine rings is 1. The molecule has 6 nitrogen and oxygen atoms in total. The molecule has 2 heterocycles. The summed E-state index contributed by atoms with van der Waals surface area (Å²) in [5, 5.41) is 4.11. The number of rotatable bonds is 6. The molecule has 0 spiro atoms. The van der Waals surface area contributed by atoms with Crippen LogP contribution in [0.15, 0.2) is 24.3 Å². The van der Waals surface area contributed by atoms with Gasteiger partial charge in [0, 0.05) is 45.1 Å². The van der Waals surface area contributed by atoms with Crippen LogP contribution in [0.4, 0.5) is 0 Å². The number of hydrogen-bond acceptors (Lipinski definition) is 5. The monoisotopic (exact) mass is 414 g/mol. The molecule has 0 atom stereocenters. The van der Waals surface area contributed by atoms with Gasteiger partial charge in [-0.3, -0.25) is 14.5 Å². The normalized spacial score (nSPS) is 18.8. The topological polar surface area (TPSA) is 65.5 Å². The van der Waals surface area contributed by atoms with Crippen molar-refractivity contribution in [3.05, 3.63) is 29.3 Å². The Balaban J connectivity index is 1.17. The van der Waals surface area contributed by atoms with E-state index in [2.05, 4.69) is 22.3 Å². The Labute approximate surface area is 176 Å². The van der Waals surface area contributed by atoms with E-state index in [9.17, 15) is 9.59 Å². The van der Waals surface area contributed by atoms with Crippen LogP contribution in [0, 0.1) is 5.92 Å². The van der Waals surface area contributed by atoms with Crippen LogP contribution in [-0.4, -0.2) is 59.3 Å². The molecule has 1 saturated carbocycles. The third kappa shape index (κ3) is 5.34. The summed E-state index contributed by atoms with van der Waals surface area (Å²) in [6, 6.07) is 8.24. The van der Waals surface area contributed by atoms with Crippen LogP contribution < -0.4 is 5.32 Å². The summed E-state index contributed by atoms with van der Waals surface area (Å²) in [7, 11) is 0. The number of fused-ring (bicyclic) bond motifs is 1. The van der Waals surface area contributed by atoms with Gasteiger partial charge in [0.05, 0.1) is 16.8 Å². The van der Waals surface area contributed by atoms with Crippen molar-refractivity contribution in [1.82, 2.24) is 20.1 Å². The first kappa shape index (κ1) is 20.3. The number of thiazole rings is 1. The van der Waals surface area contributed by atoms with Gasteiger partial charge in [0.15, 0.2) is 0 Å². The van der Waals surface area contributed by atoms with Crippen molar-refractivity contribution in [3.8, 4) is 0 Å². The smallest absolute Gasteiger partial charge is 0.224 e. The van der Waals surface area contributed by atoms with Crippen molar-refractivity contribution >= 4 is 33.4 Å². The maximum atomic E-state index is 12.5. The lowest BCUT2D eigenvalue weighted by Crippen LogP contribution is -2.48. The Hall–Kier alpha value is -1.99. The van der Waals surface area contributed by atoms with Gasteiger partial charge in [-0.15, -0.1) is 11.3 Å². The highest BCUT2D eigenvalue weighted by Crippen LogP contribution is 2.24. The third-order valence-electron chi connectivity index (χ3n) is 6.04. The van der Waals surface area contributed by atoms with E-state index in [1.165, 1.54) is 11.1 Å². The second kappa shape index (κ2) is 9.67. The number of nitrogens with zero attached hydrogens (tertiary/aromatic N) is 3. The fourth-order valence-corrected chi connectivity index (χ4v) is 5.30. The molecular formula is C22H30N4O2S. The number of amides is 2. The number of carbonyl (C=O) groups excluding carboxylic acids is 2. The fourth-order valence-electron chi connectivity index (χ4n) is 4.29. The summed E-state index contributed by atoms with van der Waals surface area (Å²) >= 11 is 1.75. The molecule has 1 saturated heterocycles. The second-order valence-electron chi connectivity index (χ2n) is 8.11. The van der Waals surface area contributed by atoms with Gasteiger partial charge < -0.3 is 10.2 Å². The van der Waals surface area contributed by atoms with Crippen molar-refractivity contribution < 1.29 is 9.59 Å². The largest absolute Gasteiger partial charge is 0.355 e. The van der Waals surface area contributed by atoms with Gasteiger partial charge in [0.1, 0.15) is 5.01 Å². The number of aromatic nitrogens is 1. The molecule has 2 fully saturated rings. The Morgan fingerprint density at radius 1 is 1.07 bits per heavy atom. The maximum absolute atomic E-state index is 12.5. The summed E-state index contributed by atoms with van der Waals surface area (Å²) in [4.78, 5) is 33.7. The van der Waals surface area contributed by atoms with Crippen molar-refractivity contribution in [2.24, 2.45) is 5.92 Å². The Bertz CT molecular complexity index is 805. The van der Waals surface area contributed by atoms with Crippen LogP contribution in [0.2, 0.25) is 0 Å². The molecule has 29 heavy (non-hydrogen) atoms. The maximum Gasteiger partial charge on any atom is 0.224 e. The van der Waals surface area contributed by atoms with Gasteiger partial charge in [-0.25, -0.2) is 4.98 Å². The molecule has 0 bridgehead atoms. The van der Waals surface area contributed by atoms with Crippen LogP contribution in [0.1, 0.15) is 43.5 Å². The molecule has 1 N–H and O–H groups in total. The van der Waals surface area contributed by atoms with E-state index in [1.54, 1.807) is 11.3 Å². The highest BCUT2D eigenvalue weighted by molar-refractivity contribution is 7.18. The SMILES string of the molecule is O=C(NCCC(=O)N1CCN(Cc2nc3ccccc3s2)CC1)C1CCCCC1. The molecule has 1 aromatic carbocycles. The van der Waals surface area contributed by atoms with Crippen LogP contribution in [-0.2, 0) is 16.1 Å². The fraction of sp³-hybridized carbons (Fsp3) is 0.591. The molecule has 4 rings (SSSR count). The number of nitrogens with one attached hydrogen (secondary N) is 1. The van der Waals surface area contributed by atoms with Crippen molar-refractivity contribution in [1.29, 1.82) is 0 Å². The molecular weight excluding hydrogens is 384 g/mol. The summed E-state index contributed by atoms with van der Waals surface area (Å²) in [6.07, 6.45) is 5.94. The number of carbonyl (C=O) groups is 2. The lowest BCUT2D eigenvalue weighted by molar-refractivity contribution is -0.133. The molecule has 0 unspecified atom stereocenters. The van der Waals surface area contributed by atoms with E-state index < -0.39 is 0 Å². The van der Waals surface area contributed by atoms with Crippen molar-refractivity contribution in [2.75, 3.05) is 32.7 Å². The molecule has 7 heteroatoms. The molecule has 1 aliphatic heterocycles. The lowest BCUT2D eigenvalue weighted by atomic mass is 9.89. The van der Waals surface area contributed by atoms with Crippen LogP contribution in [0.25, 0.3) is 10.2 Å². The first-order valence-electron chi connectivity index (χ1n) is 10.8. The van der Waals surface area contributed by atoms with Crippen molar-refractivity contribution in [2.45, 2.75) is 45.1 Å². The molecule has 2 aromatic rings. The number of para-hydroxylation sites is 1. The predicted octanol–water partition coefficient (Wildman–Crippen LogP) is 3.03. The van der Waals surface area contributed by atoms with Crippen LogP contribution >= 0.6 is 11.3 Å². The van der Waals surface area contributed by atoms with Gasteiger partial charge in [0.2, 0.25) is 11.8 Å². The minimum absolute atomic E-state index is 0.137. The zero-order chi connectivity index (χ0) is 20.1. The predicted molar refractivity (Wildman–Crippen MR) is 116 cm³/mol. The van der Waals surface area contributed by atoms with Gasteiger partial charge in [-0.2, -0.15) is 0 Å². The van der Waals surface area contributed by atoms with Gasteiger partial charge >= 0.3 is 0 Å². The van der Waals surface area contributed by atoms with E-state index in [0.29, 0.717) is 13.0 Å². The molecule has 2 aliphatic rings. The van der Waals surface area contributed by atoms with Crippen LogP contribution in [0.5, 0.6) is 0 Å². The second-order valence-corrected chi connectivity index (χ2v) is 9.22. The average Bonchev–Trinajstić information content (AvgIpc) is 3.17. The Morgan fingerprint density at radius 3 is 2.59 bits per heavy atom. The zero-order valence-electron chi connectivity index (χ0n) is 16.9. The van der Waals surface area contributed by atoms with Gasteiger partial charge in [-0.05, 0) is 25.0 Å².